The number of aryl methyl sites for hydroxylation is 1. The first-order valence-electron chi connectivity index (χ1n) is 8.23. The minimum atomic E-state index is -0.200. The number of pyridine rings is 1. The van der Waals surface area contributed by atoms with E-state index in [1.54, 1.807) is 13.0 Å². The highest BCUT2D eigenvalue weighted by atomic mass is 16.5. The lowest BCUT2D eigenvalue weighted by Crippen LogP contribution is -2.23. The maximum absolute atomic E-state index is 12.3. The van der Waals surface area contributed by atoms with Crippen molar-refractivity contribution in [3.8, 4) is 11.4 Å². The standard InChI is InChI=1S/C20H16N4O2/c1-13-22-19(24-26-13)16-8-6-14(7-9-16)12-21-20(25)18-11-10-15-4-2-3-5-17(15)23-18/h2-11H,12H2,1H3,(H,21,25). The fraction of sp³-hybridized carbons (Fsp3) is 0.100. The van der Waals surface area contributed by atoms with Gasteiger partial charge in [-0.15, -0.1) is 0 Å². The van der Waals surface area contributed by atoms with E-state index < -0.39 is 0 Å². The minimum absolute atomic E-state index is 0.200. The van der Waals surface area contributed by atoms with Gasteiger partial charge in [-0.1, -0.05) is 53.7 Å². The lowest BCUT2D eigenvalue weighted by Gasteiger charge is -2.06. The fourth-order valence-electron chi connectivity index (χ4n) is 2.65. The third-order valence-corrected chi connectivity index (χ3v) is 4.02. The molecule has 0 saturated carbocycles. The molecular formula is C20H16N4O2. The molecule has 0 atom stereocenters. The number of carbonyl (C=O) groups excluding carboxylic acids is 1. The molecule has 6 nitrogen and oxygen atoms in total. The molecular weight excluding hydrogens is 328 g/mol. The predicted octanol–water partition coefficient (Wildman–Crippen LogP) is 3.52. The number of nitrogens with zero attached hydrogens (tertiary/aromatic N) is 3. The minimum Gasteiger partial charge on any atom is -0.347 e. The van der Waals surface area contributed by atoms with Crippen molar-refractivity contribution in [2.45, 2.75) is 13.5 Å². The van der Waals surface area contributed by atoms with Gasteiger partial charge in [-0.05, 0) is 17.7 Å². The van der Waals surface area contributed by atoms with E-state index in [1.807, 2.05) is 54.6 Å². The van der Waals surface area contributed by atoms with Crippen LogP contribution < -0.4 is 5.32 Å². The SMILES string of the molecule is Cc1nc(-c2ccc(CNC(=O)c3ccc4ccccc4n3)cc2)no1. The first kappa shape index (κ1) is 16.0. The van der Waals surface area contributed by atoms with Crippen LogP contribution in [0.4, 0.5) is 0 Å². The van der Waals surface area contributed by atoms with Crippen LogP contribution >= 0.6 is 0 Å². The van der Waals surface area contributed by atoms with Gasteiger partial charge in [0.15, 0.2) is 0 Å². The van der Waals surface area contributed by atoms with Gasteiger partial charge in [-0.25, -0.2) is 4.98 Å². The van der Waals surface area contributed by atoms with Crippen molar-refractivity contribution in [1.82, 2.24) is 20.4 Å². The fourth-order valence-corrected chi connectivity index (χ4v) is 2.65. The van der Waals surface area contributed by atoms with Gasteiger partial charge in [-0.2, -0.15) is 4.98 Å². The lowest BCUT2D eigenvalue weighted by molar-refractivity contribution is 0.0946. The predicted molar refractivity (Wildman–Crippen MR) is 97.4 cm³/mol. The summed E-state index contributed by atoms with van der Waals surface area (Å²) < 4.78 is 4.98. The molecule has 2 aromatic carbocycles. The van der Waals surface area contributed by atoms with Gasteiger partial charge in [0, 0.05) is 24.4 Å². The van der Waals surface area contributed by atoms with Crippen molar-refractivity contribution < 1.29 is 9.32 Å². The largest absolute Gasteiger partial charge is 0.347 e. The summed E-state index contributed by atoms with van der Waals surface area (Å²) in [7, 11) is 0. The Labute approximate surface area is 149 Å². The summed E-state index contributed by atoms with van der Waals surface area (Å²) in [6.45, 7) is 2.17. The van der Waals surface area contributed by atoms with Crippen molar-refractivity contribution in [1.29, 1.82) is 0 Å². The number of rotatable bonds is 4. The second-order valence-corrected chi connectivity index (χ2v) is 5.91. The van der Waals surface area contributed by atoms with E-state index >= 15 is 0 Å². The monoisotopic (exact) mass is 344 g/mol. The molecule has 0 spiro atoms. The zero-order valence-electron chi connectivity index (χ0n) is 14.1. The van der Waals surface area contributed by atoms with Crippen molar-refractivity contribution in [2.75, 3.05) is 0 Å². The number of nitrogens with one attached hydrogen (secondary N) is 1. The molecule has 0 bridgehead atoms. The number of para-hydroxylation sites is 1. The molecule has 0 aliphatic heterocycles. The van der Waals surface area contributed by atoms with Crippen molar-refractivity contribution in [2.24, 2.45) is 0 Å². The summed E-state index contributed by atoms with van der Waals surface area (Å²) in [4.78, 5) is 20.9. The van der Waals surface area contributed by atoms with Gasteiger partial charge in [0.2, 0.25) is 11.7 Å². The van der Waals surface area contributed by atoms with E-state index in [2.05, 4.69) is 20.4 Å². The first-order chi connectivity index (χ1) is 12.7. The average Bonchev–Trinajstić information content (AvgIpc) is 3.12. The van der Waals surface area contributed by atoms with Crippen LogP contribution in [0.5, 0.6) is 0 Å². The smallest absolute Gasteiger partial charge is 0.270 e. The molecule has 1 amide bonds. The maximum atomic E-state index is 12.3. The molecule has 1 N–H and O–H groups in total. The summed E-state index contributed by atoms with van der Waals surface area (Å²) in [5.74, 6) is 0.881. The van der Waals surface area contributed by atoms with Gasteiger partial charge in [0.1, 0.15) is 5.69 Å². The third kappa shape index (κ3) is 3.30. The van der Waals surface area contributed by atoms with Crippen LogP contribution in [0.25, 0.3) is 22.3 Å². The van der Waals surface area contributed by atoms with Gasteiger partial charge in [0.05, 0.1) is 5.52 Å². The number of fused-ring (bicyclic) bond motifs is 1. The van der Waals surface area contributed by atoms with E-state index in [-0.39, 0.29) is 5.91 Å². The zero-order chi connectivity index (χ0) is 17.9. The molecule has 4 rings (SSSR count). The van der Waals surface area contributed by atoms with E-state index in [0.29, 0.717) is 24.0 Å². The van der Waals surface area contributed by atoms with Crippen LogP contribution in [-0.4, -0.2) is 21.0 Å². The Bertz CT molecular complexity index is 1070. The van der Waals surface area contributed by atoms with Crippen LogP contribution in [0.2, 0.25) is 0 Å². The normalized spacial score (nSPS) is 10.8. The number of amides is 1. The molecule has 0 radical (unpaired) electrons. The highest BCUT2D eigenvalue weighted by Gasteiger charge is 2.09. The Hall–Kier alpha value is -3.54. The Morgan fingerprint density at radius 2 is 1.81 bits per heavy atom. The summed E-state index contributed by atoms with van der Waals surface area (Å²) in [6, 6.07) is 19.0. The lowest BCUT2D eigenvalue weighted by atomic mass is 10.1. The van der Waals surface area contributed by atoms with E-state index in [1.165, 1.54) is 0 Å². The highest BCUT2D eigenvalue weighted by Crippen LogP contribution is 2.16. The number of carbonyl (C=O) groups is 1. The third-order valence-electron chi connectivity index (χ3n) is 4.02. The Balaban J connectivity index is 1.43. The molecule has 2 heterocycles. The van der Waals surface area contributed by atoms with Gasteiger partial charge in [-0.3, -0.25) is 4.79 Å². The van der Waals surface area contributed by atoms with Crippen LogP contribution in [0.1, 0.15) is 21.9 Å². The first-order valence-corrected chi connectivity index (χ1v) is 8.23. The summed E-state index contributed by atoms with van der Waals surface area (Å²) in [5, 5.41) is 7.79. The van der Waals surface area contributed by atoms with E-state index in [0.717, 1.165) is 22.0 Å². The number of benzene rings is 2. The number of aromatic nitrogens is 3. The highest BCUT2D eigenvalue weighted by molar-refractivity contribution is 5.94. The molecule has 6 heteroatoms. The molecule has 0 unspecified atom stereocenters. The summed E-state index contributed by atoms with van der Waals surface area (Å²) >= 11 is 0. The van der Waals surface area contributed by atoms with Crippen LogP contribution in [-0.2, 0) is 6.54 Å². The van der Waals surface area contributed by atoms with Crippen molar-refractivity contribution in [3.05, 3.63) is 77.8 Å². The quantitative estimate of drug-likeness (QED) is 0.612. The Morgan fingerprint density at radius 3 is 2.58 bits per heavy atom. The van der Waals surface area contributed by atoms with E-state index in [4.69, 9.17) is 4.52 Å². The topological polar surface area (TPSA) is 80.9 Å². The molecule has 26 heavy (non-hydrogen) atoms. The zero-order valence-corrected chi connectivity index (χ0v) is 14.1. The van der Waals surface area contributed by atoms with Crippen molar-refractivity contribution >= 4 is 16.8 Å². The number of hydrogen-bond donors (Lipinski definition) is 1. The maximum Gasteiger partial charge on any atom is 0.270 e. The van der Waals surface area contributed by atoms with Crippen LogP contribution in [0.3, 0.4) is 0 Å². The molecule has 0 saturated heterocycles. The average molecular weight is 344 g/mol. The number of hydrogen-bond acceptors (Lipinski definition) is 5. The van der Waals surface area contributed by atoms with E-state index in [9.17, 15) is 4.79 Å². The second kappa shape index (κ2) is 6.76. The molecule has 2 aromatic heterocycles. The van der Waals surface area contributed by atoms with Crippen LogP contribution in [0.15, 0.2) is 65.2 Å². The van der Waals surface area contributed by atoms with Gasteiger partial charge >= 0.3 is 0 Å². The Morgan fingerprint density at radius 1 is 1.00 bits per heavy atom. The van der Waals surface area contributed by atoms with Crippen molar-refractivity contribution in [3.63, 3.8) is 0 Å². The second-order valence-electron chi connectivity index (χ2n) is 5.91. The van der Waals surface area contributed by atoms with Gasteiger partial charge in [0.25, 0.3) is 5.91 Å². The molecule has 0 aliphatic rings. The molecule has 4 aromatic rings. The molecule has 0 fully saturated rings. The molecule has 0 aliphatic carbocycles. The summed E-state index contributed by atoms with van der Waals surface area (Å²) in [6.07, 6.45) is 0. The van der Waals surface area contributed by atoms with Gasteiger partial charge < -0.3 is 9.84 Å². The Kier molecular flexibility index (Phi) is 4.15. The summed E-state index contributed by atoms with van der Waals surface area (Å²) in [5.41, 5.74) is 3.05. The van der Waals surface area contributed by atoms with Crippen LogP contribution in [0, 0.1) is 6.92 Å². The molecule has 128 valence electrons.